The van der Waals surface area contributed by atoms with Gasteiger partial charge in [-0.2, -0.15) is 0 Å². The Balaban J connectivity index is 2.02. The largest absolute Gasteiger partial charge is 0.479 e. The number of aliphatic carboxylic acids is 1. The monoisotopic (exact) mass is 269 g/mol. The summed E-state index contributed by atoms with van der Waals surface area (Å²) in [5.41, 5.74) is -0.980. The molecule has 0 bridgehead atoms. The molecule has 1 amide bonds. The zero-order valence-corrected chi connectivity index (χ0v) is 11.6. The Hall–Kier alpha value is -1.10. The van der Waals surface area contributed by atoms with Crippen molar-refractivity contribution in [3.8, 4) is 0 Å². The number of rotatable bonds is 4. The highest BCUT2D eigenvalue weighted by atomic mass is 16.5. The van der Waals surface area contributed by atoms with Crippen molar-refractivity contribution in [3.63, 3.8) is 0 Å². The molecule has 2 fully saturated rings. The van der Waals surface area contributed by atoms with E-state index >= 15 is 0 Å². The van der Waals surface area contributed by atoms with Gasteiger partial charge in [0.1, 0.15) is 5.54 Å². The molecule has 2 saturated heterocycles. The van der Waals surface area contributed by atoms with Crippen LogP contribution >= 0.6 is 0 Å². The lowest BCUT2D eigenvalue weighted by atomic mass is 9.92. The third-order valence-corrected chi connectivity index (χ3v) is 4.45. The molecule has 2 aliphatic rings. The van der Waals surface area contributed by atoms with Gasteiger partial charge < -0.3 is 14.7 Å². The van der Waals surface area contributed by atoms with E-state index in [4.69, 9.17) is 4.74 Å². The molecule has 2 atom stereocenters. The van der Waals surface area contributed by atoms with E-state index in [-0.39, 0.29) is 12.0 Å². The Morgan fingerprint density at radius 1 is 1.37 bits per heavy atom. The van der Waals surface area contributed by atoms with Crippen LogP contribution in [0.5, 0.6) is 0 Å². The van der Waals surface area contributed by atoms with Crippen molar-refractivity contribution in [3.05, 3.63) is 0 Å². The molecule has 5 nitrogen and oxygen atoms in total. The minimum absolute atomic E-state index is 0.0230. The topological polar surface area (TPSA) is 66.8 Å². The van der Waals surface area contributed by atoms with Crippen LogP contribution in [0, 0.1) is 0 Å². The number of hydrogen-bond donors (Lipinski definition) is 1. The first-order valence-corrected chi connectivity index (χ1v) is 7.25. The molecule has 108 valence electrons. The molecule has 0 radical (unpaired) electrons. The number of amides is 1. The van der Waals surface area contributed by atoms with Crippen LogP contribution in [-0.4, -0.2) is 46.7 Å². The maximum absolute atomic E-state index is 12.4. The summed E-state index contributed by atoms with van der Waals surface area (Å²) >= 11 is 0. The molecule has 2 heterocycles. The molecule has 1 N–H and O–H groups in total. The molecule has 0 aromatic heterocycles. The van der Waals surface area contributed by atoms with Gasteiger partial charge in [-0.15, -0.1) is 0 Å². The van der Waals surface area contributed by atoms with Crippen molar-refractivity contribution in [2.24, 2.45) is 0 Å². The molecule has 5 heteroatoms. The Kier molecular flexibility index (Phi) is 4.45. The minimum Gasteiger partial charge on any atom is -0.479 e. The van der Waals surface area contributed by atoms with Crippen molar-refractivity contribution in [2.45, 2.75) is 63.5 Å². The zero-order valence-electron chi connectivity index (χ0n) is 11.6. The summed E-state index contributed by atoms with van der Waals surface area (Å²) in [6, 6.07) is 0. The fraction of sp³-hybridized carbons (Fsp3) is 0.857. The number of nitrogens with zero attached hydrogens (tertiary/aromatic N) is 1. The molecule has 0 saturated carbocycles. The Morgan fingerprint density at radius 2 is 2.16 bits per heavy atom. The summed E-state index contributed by atoms with van der Waals surface area (Å²) in [5.74, 6) is -0.931. The number of carboxylic acid groups (broad SMARTS) is 1. The lowest BCUT2D eigenvalue weighted by Crippen LogP contribution is -2.53. The summed E-state index contributed by atoms with van der Waals surface area (Å²) in [7, 11) is 0. The number of carbonyl (C=O) groups is 2. The first kappa shape index (κ1) is 14.3. The van der Waals surface area contributed by atoms with Crippen LogP contribution in [0.4, 0.5) is 0 Å². The van der Waals surface area contributed by atoms with Gasteiger partial charge in [0.25, 0.3) is 0 Å². The first-order valence-electron chi connectivity index (χ1n) is 7.25. The van der Waals surface area contributed by atoms with Gasteiger partial charge in [-0.3, -0.25) is 4.79 Å². The first-order chi connectivity index (χ1) is 9.10. The average Bonchev–Trinajstić information content (AvgIpc) is 2.85. The van der Waals surface area contributed by atoms with E-state index in [1.807, 2.05) is 6.92 Å². The van der Waals surface area contributed by atoms with Gasteiger partial charge in [0, 0.05) is 13.2 Å². The van der Waals surface area contributed by atoms with Gasteiger partial charge in [0.15, 0.2) is 0 Å². The van der Waals surface area contributed by atoms with Gasteiger partial charge in [-0.1, -0.05) is 6.92 Å². The highest BCUT2D eigenvalue weighted by Gasteiger charge is 2.48. The van der Waals surface area contributed by atoms with Crippen molar-refractivity contribution in [1.82, 2.24) is 4.90 Å². The van der Waals surface area contributed by atoms with Crippen LogP contribution in [0.25, 0.3) is 0 Å². The lowest BCUT2D eigenvalue weighted by molar-refractivity contribution is -0.158. The lowest BCUT2D eigenvalue weighted by Gasteiger charge is -2.35. The molecule has 0 spiro atoms. The summed E-state index contributed by atoms with van der Waals surface area (Å²) in [5, 5.41) is 9.46. The molecule has 0 aliphatic carbocycles. The zero-order chi connectivity index (χ0) is 13.9. The van der Waals surface area contributed by atoms with E-state index in [1.165, 1.54) is 0 Å². The van der Waals surface area contributed by atoms with Crippen LogP contribution in [0.1, 0.15) is 51.9 Å². The standard InChI is InChI=1S/C14H23NO4/c1-2-14(13(17)18)7-5-8-15(14)12(16)10-11-6-3-4-9-19-11/h11H,2-10H2,1H3,(H,17,18). The summed E-state index contributed by atoms with van der Waals surface area (Å²) < 4.78 is 5.58. The van der Waals surface area contributed by atoms with Crippen molar-refractivity contribution >= 4 is 11.9 Å². The van der Waals surface area contributed by atoms with Gasteiger partial charge in [0.05, 0.1) is 12.5 Å². The number of carboxylic acids is 1. The predicted octanol–water partition coefficient (Wildman–Crippen LogP) is 1.80. The molecule has 2 aliphatic heterocycles. The van der Waals surface area contributed by atoms with Crippen molar-refractivity contribution in [1.29, 1.82) is 0 Å². The molecular formula is C14H23NO4. The van der Waals surface area contributed by atoms with Crippen LogP contribution in [-0.2, 0) is 14.3 Å². The normalized spacial score (nSPS) is 31.4. The molecule has 2 rings (SSSR count). The average molecular weight is 269 g/mol. The SMILES string of the molecule is CCC1(C(=O)O)CCCN1C(=O)CC1CCCCO1. The molecule has 19 heavy (non-hydrogen) atoms. The van der Waals surface area contributed by atoms with E-state index in [0.29, 0.717) is 25.8 Å². The quantitative estimate of drug-likeness (QED) is 0.845. The van der Waals surface area contributed by atoms with Gasteiger partial charge in [-0.25, -0.2) is 4.79 Å². The number of ether oxygens (including phenoxy) is 1. The van der Waals surface area contributed by atoms with Gasteiger partial charge >= 0.3 is 5.97 Å². The van der Waals surface area contributed by atoms with E-state index in [9.17, 15) is 14.7 Å². The molecular weight excluding hydrogens is 246 g/mol. The third-order valence-electron chi connectivity index (χ3n) is 4.45. The van der Waals surface area contributed by atoms with Crippen LogP contribution in [0.15, 0.2) is 0 Å². The Bertz CT molecular complexity index is 351. The second kappa shape index (κ2) is 5.90. The van der Waals surface area contributed by atoms with Crippen molar-refractivity contribution in [2.75, 3.05) is 13.2 Å². The smallest absolute Gasteiger partial charge is 0.329 e. The van der Waals surface area contributed by atoms with E-state index in [2.05, 4.69) is 0 Å². The Labute approximate surface area is 113 Å². The summed E-state index contributed by atoms with van der Waals surface area (Å²) in [4.78, 5) is 25.5. The highest BCUT2D eigenvalue weighted by molar-refractivity contribution is 5.88. The molecule has 2 unspecified atom stereocenters. The highest BCUT2D eigenvalue weighted by Crippen LogP contribution is 2.34. The van der Waals surface area contributed by atoms with Crippen LogP contribution in [0.2, 0.25) is 0 Å². The maximum atomic E-state index is 12.4. The van der Waals surface area contributed by atoms with Crippen LogP contribution in [0.3, 0.4) is 0 Å². The third kappa shape index (κ3) is 2.76. The maximum Gasteiger partial charge on any atom is 0.329 e. The Morgan fingerprint density at radius 3 is 2.74 bits per heavy atom. The van der Waals surface area contributed by atoms with Crippen LogP contribution < -0.4 is 0 Å². The molecule has 0 aromatic rings. The van der Waals surface area contributed by atoms with E-state index < -0.39 is 11.5 Å². The minimum atomic E-state index is -0.980. The predicted molar refractivity (Wildman–Crippen MR) is 69.8 cm³/mol. The van der Waals surface area contributed by atoms with E-state index in [1.54, 1.807) is 4.90 Å². The summed E-state index contributed by atoms with van der Waals surface area (Å²) in [6.45, 7) is 3.12. The van der Waals surface area contributed by atoms with E-state index in [0.717, 1.165) is 32.3 Å². The fourth-order valence-corrected chi connectivity index (χ4v) is 3.26. The fourth-order valence-electron chi connectivity index (χ4n) is 3.26. The van der Waals surface area contributed by atoms with Gasteiger partial charge in [-0.05, 0) is 38.5 Å². The number of carbonyl (C=O) groups excluding carboxylic acids is 1. The number of likely N-dealkylation sites (tertiary alicyclic amines) is 1. The number of hydrogen-bond acceptors (Lipinski definition) is 3. The second-order valence-corrected chi connectivity index (χ2v) is 5.53. The second-order valence-electron chi connectivity index (χ2n) is 5.53. The van der Waals surface area contributed by atoms with Crippen molar-refractivity contribution < 1.29 is 19.4 Å². The molecule has 0 aromatic carbocycles. The van der Waals surface area contributed by atoms with Gasteiger partial charge in [0.2, 0.25) is 5.91 Å². The summed E-state index contributed by atoms with van der Waals surface area (Å²) in [6.07, 6.45) is 5.18.